The zero-order valence-corrected chi connectivity index (χ0v) is 10.5. The molecule has 6 heteroatoms. The summed E-state index contributed by atoms with van der Waals surface area (Å²) < 4.78 is 0. The fourth-order valence-electron chi connectivity index (χ4n) is 1.82. The summed E-state index contributed by atoms with van der Waals surface area (Å²) in [6.45, 7) is 0.887. The number of nitrogen functional groups attached to an aromatic ring is 1. The van der Waals surface area contributed by atoms with Gasteiger partial charge >= 0.3 is 0 Å². The largest absolute Gasteiger partial charge is 0.396 e. The van der Waals surface area contributed by atoms with Crippen LogP contribution in [0.5, 0.6) is 0 Å². The molecule has 1 aromatic rings. The third-order valence-electron chi connectivity index (χ3n) is 2.78. The molecule has 1 heterocycles. The van der Waals surface area contributed by atoms with Gasteiger partial charge in [0.05, 0.1) is 21.8 Å². The third-order valence-corrected chi connectivity index (χ3v) is 3.40. The molecule has 3 N–H and O–H groups in total. The molecule has 17 heavy (non-hydrogen) atoms. The van der Waals surface area contributed by atoms with Gasteiger partial charge in [0.15, 0.2) is 0 Å². The highest BCUT2D eigenvalue weighted by Gasteiger charge is 2.26. The van der Waals surface area contributed by atoms with E-state index in [0.29, 0.717) is 25.1 Å². The second-order valence-electron chi connectivity index (χ2n) is 4.05. The number of rotatable bonds is 1. The number of aliphatic hydroxyl groups is 1. The lowest BCUT2D eigenvalue weighted by molar-refractivity contribution is 0.0765. The van der Waals surface area contributed by atoms with Gasteiger partial charge in [-0.25, -0.2) is 0 Å². The molecule has 92 valence electrons. The van der Waals surface area contributed by atoms with Crippen molar-refractivity contribution in [3.63, 3.8) is 0 Å². The number of hydrogen-bond donors (Lipinski definition) is 2. The lowest BCUT2D eigenvalue weighted by atomic mass is 10.2. The minimum Gasteiger partial charge on any atom is -0.396 e. The highest BCUT2D eigenvalue weighted by Crippen LogP contribution is 2.29. The Morgan fingerprint density at radius 3 is 2.47 bits per heavy atom. The van der Waals surface area contributed by atoms with E-state index in [-0.39, 0.29) is 21.6 Å². The van der Waals surface area contributed by atoms with Gasteiger partial charge in [0.2, 0.25) is 0 Å². The maximum absolute atomic E-state index is 12.1. The molecule has 0 aromatic heterocycles. The van der Waals surface area contributed by atoms with Gasteiger partial charge < -0.3 is 15.7 Å². The monoisotopic (exact) mass is 274 g/mol. The Morgan fingerprint density at radius 2 is 2.00 bits per heavy atom. The molecule has 4 nitrogen and oxygen atoms in total. The highest BCUT2D eigenvalue weighted by molar-refractivity contribution is 6.39. The first-order valence-electron chi connectivity index (χ1n) is 5.21. The third kappa shape index (κ3) is 2.49. The summed E-state index contributed by atoms with van der Waals surface area (Å²) in [6, 6.07) is 2.99. The molecule has 0 radical (unpaired) electrons. The van der Waals surface area contributed by atoms with Gasteiger partial charge in [-0.2, -0.15) is 0 Å². The van der Waals surface area contributed by atoms with E-state index >= 15 is 0 Å². The molecule has 1 unspecified atom stereocenters. The second kappa shape index (κ2) is 4.72. The SMILES string of the molecule is Nc1c(Cl)cc(C(=O)N2CCC(O)C2)cc1Cl. The van der Waals surface area contributed by atoms with Crippen molar-refractivity contribution in [2.45, 2.75) is 12.5 Å². The van der Waals surface area contributed by atoms with Gasteiger partial charge in [-0.15, -0.1) is 0 Å². The fourth-order valence-corrected chi connectivity index (χ4v) is 2.30. The predicted octanol–water partition coefficient (Wildman–Crippen LogP) is 1.78. The normalized spacial score (nSPS) is 19.7. The van der Waals surface area contributed by atoms with E-state index in [0.717, 1.165) is 0 Å². The van der Waals surface area contributed by atoms with E-state index in [1.807, 2.05) is 0 Å². The molecule has 1 saturated heterocycles. The van der Waals surface area contributed by atoms with Crippen molar-refractivity contribution >= 4 is 34.8 Å². The molecular weight excluding hydrogens is 263 g/mol. The highest BCUT2D eigenvalue weighted by atomic mass is 35.5. The summed E-state index contributed by atoms with van der Waals surface area (Å²) in [5.41, 5.74) is 6.26. The number of nitrogens with zero attached hydrogens (tertiary/aromatic N) is 1. The number of amides is 1. The Labute approximate surface area is 109 Å². The minimum atomic E-state index is -0.446. The van der Waals surface area contributed by atoms with Gasteiger partial charge in [-0.05, 0) is 18.6 Å². The quantitative estimate of drug-likeness (QED) is 0.768. The standard InChI is InChI=1S/C11H12Cl2N2O2/c12-8-3-6(4-9(13)10(8)14)11(17)15-2-1-7(16)5-15/h3-4,7,16H,1-2,5,14H2. The first kappa shape index (κ1) is 12.5. The maximum Gasteiger partial charge on any atom is 0.254 e. The van der Waals surface area contributed by atoms with E-state index in [4.69, 9.17) is 28.9 Å². The second-order valence-corrected chi connectivity index (χ2v) is 4.86. The molecule has 1 aromatic carbocycles. The molecule has 2 rings (SSSR count). The Kier molecular flexibility index (Phi) is 3.47. The first-order chi connectivity index (χ1) is 7.99. The molecule has 1 aliphatic heterocycles. The lowest BCUT2D eigenvalue weighted by Gasteiger charge is -2.16. The number of anilines is 1. The average Bonchev–Trinajstić information content (AvgIpc) is 2.71. The number of nitrogens with two attached hydrogens (primary N) is 1. The van der Waals surface area contributed by atoms with Crippen LogP contribution in [0.15, 0.2) is 12.1 Å². The predicted molar refractivity (Wildman–Crippen MR) is 67.4 cm³/mol. The van der Waals surface area contributed by atoms with E-state index in [1.165, 1.54) is 12.1 Å². The molecule has 0 aliphatic carbocycles. The molecule has 1 amide bonds. The Balaban J connectivity index is 2.25. The molecule has 1 fully saturated rings. The van der Waals surface area contributed by atoms with Crippen molar-refractivity contribution in [3.8, 4) is 0 Å². The maximum atomic E-state index is 12.1. The van der Waals surface area contributed by atoms with E-state index in [9.17, 15) is 9.90 Å². The van der Waals surface area contributed by atoms with Crippen LogP contribution in [0.25, 0.3) is 0 Å². The average molecular weight is 275 g/mol. The summed E-state index contributed by atoms with van der Waals surface area (Å²) in [4.78, 5) is 13.6. The van der Waals surface area contributed by atoms with Crippen LogP contribution in [0.2, 0.25) is 10.0 Å². The summed E-state index contributed by atoms with van der Waals surface area (Å²) in [6.07, 6.45) is 0.154. The van der Waals surface area contributed by atoms with Crippen molar-refractivity contribution < 1.29 is 9.90 Å². The van der Waals surface area contributed by atoms with Crippen LogP contribution in [-0.2, 0) is 0 Å². The van der Waals surface area contributed by atoms with Crippen LogP contribution in [-0.4, -0.2) is 35.1 Å². The van der Waals surface area contributed by atoms with Crippen molar-refractivity contribution in [3.05, 3.63) is 27.7 Å². The molecule has 0 bridgehead atoms. The van der Waals surface area contributed by atoms with Gasteiger partial charge in [-0.1, -0.05) is 23.2 Å². The molecule has 0 spiro atoms. The number of β-amino-alcohol motifs (C(OH)–C–C–N with tert-alkyl or cyclic N) is 1. The molecule has 1 aliphatic rings. The summed E-state index contributed by atoms with van der Waals surface area (Å²) in [5, 5.41) is 9.91. The molecule has 0 saturated carbocycles. The van der Waals surface area contributed by atoms with Gasteiger partial charge in [0.25, 0.3) is 5.91 Å². The fraction of sp³-hybridized carbons (Fsp3) is 0.364. The zero-order valence-electron chi connectivity index (χ0n) is 8.99. The smallest absolute Gasteiger partial charge is 0.254 e. The van der Waals surface area contributed by atoms with Crippen LogP contribution in [0.3, 0.4) is 0 Å². The van der Waals surface area contributed by atoms with Crippen LogP contribution in [0, 0.1) is 0 Å². The van der Waals surface area contributed by atoms with Gasteiger partial charge in [0, 0.05) is 18.7 Å². The minimum absolute atomic E-state index is 0.189. The number of carbonyl (C=O) groups is 1. The number of aliphatic hydroxyl groups excluding tert-OH is 1. The number of likely N-dealkylation sites (tertiary alicyclic amines) is 1. The van der Waals surface area contributed by atoms with Crippen molar-refractivity contribution in [2.75, 3.05) is 18.8 Å². The number of halogens is 2. The topological polar surface area (TPSA) is 66.6 Å². The van der Waals surface area contributed by atoms with Crippen molar-refractivity contribution in [1.82, 2.24) is 4.90 Å². The van der Waals surface area contributed by atoms with Crippen molar-refractivity contribution in [1.29, 1.82) is 0 Å². The van der Waals surface area contributed by atoms with Crippen molar-refractivity contribution in [2.24, 2.45) is 0 Å². The number of carbonyl (C=O) groups excluding carboxylic acids is 1. The van der Waals surface area contributed by atoms with Crippen LogP contribution < -0.4 is 5.73 Å². The molecule has 1 atom stereocenters. The summed E-state index contributed by atoms with van der Waals surface area (Å²) in [7, 11) is 0. The van der Waals surface area contributed by atoms with Crippen LogP contribution in [0.4, 0.5) is 5.69 Å². The number of benzene rings is 1. The van der Waals surface area contributed by atoms with E-state index < -0.39 is 6.10 Å². The van der Waals surface area contributed by atoms with Gasteiger partial charge in [0.1, 0.15) is 0 Å². The Morgan fingerprint density at radius 1 is 1.41 bits per heavy atom. The Hall–Kier alpha value is -0.970. The summed E-state index contributed by atoms with van der Waals surface area (Å²) >= 11 is 11.7. The Bertz CT molecular complexity index is 442. The van der Waals surface area contributed by atoms with E-state index in [1.54, 1.807) is 4.90 Å². The van der Waals surface area contributed by atoms with Gasteiger partial charge in [-0.3, -0.25) is 4.79 Å². The molecular formula is C11H12Cl2N2O2. The van der Waals surface area contributed by atoms with E-state index in [2.05, 4.69) is 0 Å². The number of hydrogen-bond acceptors (Lipinski definition) is 3. The summed E-state index contributed by atoms with van der Waals surface area (Å²) in [5.74, 6) is -0.189. The zero-order chi connectivity index (χ0) is 12.6. The van der Waals surface area contributed by atoms with Crippen LogP contribution in [0.1, 0.15) is 16.8 Å². The lowest BCUT2D eigenvalue weighted by Crippen LogP contribution is -2.29. The van der Waals surface area contributed by atoms with Crippen LogP contribution >= 0.6 is 23.2 Å². The first-order valence-corrected chi connectivity index (χ1v) is 5.96.